The first-order valence-electron chi connectivity index (χ1n) is 6.19. The zero-order chi connectivity index (χ0) is 16.3. The summed E-state index contributed by atoms with van der Waals surface area (Å²) in [6.07, 6.45) is 1.16. The van der Waals surface area contributed by atoms with Crippen molar-refractivity contribution in [2.45, 2.75) is 13.5 Å². The molecule has 0 fully saturated rings. The minimum absolute atomic E-state index is 0.0558. The first kappa shape index (κ1) is 16.3. The van der Waals surface area contributed by atoms with Crippen LogP contribution in [0.3, 0.4) is 0 Å². The summed E-state index contributed by atoms with van der Waals surface area (Å²) >= 11 is 11.7. The summed E-state index contributed by atoms with van der Waals surface area (Å²) in [7, 11) is 0. The number of ether oxygens (including phenoxy) is 1. The molecule has 0 N–H and O–H groups in total. The highest BCUT2D eigenvalue weighted by molar-refractivity contribution is 6.35. The van der Waals surface area contributed by atoms with Gasteiger partial charge in [0.1, 0.15) is 19.3 Å². The first-order chi connectivity index (χ1) is 10.4. The van der Waals surface area contributed by atoms with Gasteiger partial charge < -0.3 is 14.9 Å². The Balaban J connectivity index is 2.02. The van der Waals surface area contributed by atoms with Gasteiger partial charge in [-0.15, -0.1) is 0 Å². The van der Waals surface area contributed by atoms with Crippen LogP contribution in [0.4, 0.5) is 5.82 Å². The fourth-order valence-electron chi connectivity index (χ4n) is 1.84. The van der Waals surface area contributed by atoms with Gasteiger partial charge in [0, 0.05) is 11.9 Å². The molecule has 7 nitrogen and oxygen atoms in total. The SMILES string of the molecule is Cc1ncc([N+](=O)[O-])n1CCOC(=O)c1cc(Cl)ccc1Cl. The van der Waals surface area contributed by atoms with Gasteiger partial charge in [-0.3, -0.25) is 0 Å². The molecule has 1 aromatic carbocycles. The van der Waals surface area contributed by atoms with E-state index in [1.54, 1.807) is 13.0 Å². The van der Waals surface area contributed by atoms with Crippen LogP contribution in [0.1, 0.15) is 16.2 Å². The van der Waals surface area contributed by atoms with Gasteiger partial charge in [0.05, 0.1) is 10.6 Å². The largest absolute Gasteiger partial charge is 0.458 e. The van der Waals surface area contributed by atoms with E-state index in [1.165, 1.54) is 16.7 Å². The highest BCUT2D eigenvalue weighted by atomic mass is 35.5. The average Bonchev–Trinajstić information content (AvgIpc) is 2.83. The minimum atomic E-state index is -0.645. The number of hydrogen-bond acceptors (Lipinski definition) is 5. The summed E-state index contributed by atoms with van der Waals surface area (Å²) in [5.74, 6) is -0.342. The molecule has 0 atom stereocenters. The smallest absolute Gasteiger partial charge is 0.342 e. The van der Waals surface area contributed by atoms with Crippen molar-refractivity contribution in [1.29, 1.82) is 0 Å². The molecule has 0 radical (unpaired) electrons. The molecule has 1 heterocycles. The monoisotopic (exact) mass is 343 g/mol. The lowest BCUT2D eigenvalue weighted by atomic mass is 10.2. The Hall–Kier alpha value is -2.12. The lowest BCUT2D eigenvalue weighted by molar-refractivity contribution is -0.392. The van der Waals surface area contributed by atoms with Gasteiger partial charge in [-0.25, -0.2) is 14.3 Å². The van der Waals surface area contributed by atoms with Crippen LogP contribution >= 0.6 is 23.2 Å². The maximum absolute atomic E-state index is 11.9. The van der Waals surface area contributed by atoms with Gasteiger partial charge in [0.25, 0.3) is 0 Å². The van der Waals surface area contributed by atoms with E-state index < -0.39 is 10.9 Å². The average molecular weight is 344 g/mol. The first-order valence-corrected chi connectivity index (χ1v) is 6.94. The molecule has 2 rings (SSSR count). The van der Waals surface area contributed by atoms with Crippen LogP contribution in [-0.2, 0) is 11.3 Å². The number of carbonyl (C=O) groups is 1. The molecule has 0 bridgehead atoms. The summed E-state index contributed by atoms with van der Waals surface area (Å²) in [5, 5.41) is 11.4. The van der Waals surface area contributed by atoms with Gasteiger partial charge in [-0.2, -0.15) is 0 Å². The van der Waals surface area contributed by atoms with Gasteiger partial charge >= 0.3 is 11.8 Å². The molecule has 0 saturated carbocycles. The third-order valence-electron chi connectivity index (χ3n) is 2.92. The Morgan fingerprint density at radius 3 is 2.86 bits per heavy atom. The molecule has 2 aromatic rings. The van der Waals surface area contributed by atoms with Crippen molar-refractivity contribution < 1.29 is 14.5 Å². The predicted octanol–water partition coefficient (Wildman–Crippen LogP) is 3.26. The number of imidazole rings is 1. The summed E-state index contributed by atoms with van der Waals surface area (Å²) in [6.45, 7) is 1.69. The molecule has 116 valence electrons. The van der Waals surface area contributed by atoms with Crippen molar-refractivity contribution in [1.82, 2.24) is 9.55 Å². The number of carbonyl (C=O) groups excluding carboxylic acids is 1. The molecular formula is C13H11Cl2N3O4. The van der Waals surface area contributed by atoms with Crippen molar-refractivity contribution in [2.75, 3.05) is 6.61 Å². The predicted molar refractivity (Wildman–Crippen MR) is 80.4 cm³/mol. The Labute approximate surface area is 135 Å². The molecule has 0 spiro atoms. The van der Waals surface area contributed by atoms with Crippen LogP contribution in [0.25, 0.3) is 0 Å². The van der Waals surface area contributed by atoms with E-state index in [4.69, 9.17) is 27.9 Å². The Morgan fingerprint density at radius 2 is 2.18 bits per heavy atom. The third kappa shape index (κ3) is 3.55. The van der Waals surface area contributed by atoms with E-state index in [2.05, 4.69) is 4.98 Å². The number of esters is 1. The van der Waals surface area contributed by atoms with E-state index in [9.17, 15) is 14.9 Å². The standard InChI is InChI=1S/C13H11Cl2N3O4/c1-8-16-7-12(18(20)21)17(8)4-5-22-13(19)10-6-9(14)2-3-11(10)15/h2-3,6-7H,4-5H2,1H3. The normalized spacial score (nSPS) is 10.5. The topological polar surface area (TPSA) is 87.3 Å². The minimum Gasteiger partial charge on any atom is -0.458 e. The van der Waals surface area contributed by atoms with E-state index in [1.807, 2.05) is 0 Å². The van der Waals surface area contributed by atoms with E-state index in [-0.39, 0.29) is 29.6 Å². The quantitative estimate of drug-likeness (QED) is 0.472. The Morgan fingerprint density at radius 1 is 1.45 bits per heavy atom. The number of rotatable bonds is 5. The number of nitro groups is 1. The summed E-state index contributed by atoms with van der Waals surface area (Å²) in [6, 6.07) is 4.45. The highest BCUT2D eigenvalue weighted by Crippen LogP contribution is 2.21. The van der Waals surface area contributed by atoms with Gasteiger partial charge in [-0.1, -0.05) is 23.2 Å². The maximum atomic E-state index is 11.9. The van der Waals surface area contributed by atoms with E-state index >= 15 is 0 Å². The third-order valence-corrected chi connectivity index (χ3v) is 3.48. The second-order valence-electron chi connectivity index (χ2n) is 4.33. The number of aryl methyl sites for hydroxylation is 1. The van der Waals surface area contributed by atoms with Crippen molar-refractivity contribution in [3.63, 3.8) is 0 Å². The zero-order valence-corrected chi connectivity index (χ0v) is 13.0. The number of aromatic nitrogens is 2. The van der Waals surface area contributed by atoms with Crippen molar-refractivity contribution in [3.8, 4) is 0 Å². The summed E-state index contributed by atoms with van der Waals surface area (Å²) in [4.78, 5) is 26.1. The van der Waals surface area contributed by atoms with Gasteiger partial charge in [0.2, 0.25) is 0 Å². The lowest BCUT2D eigenvalue weighted by Gasteiger charge is -2.07. The molecule has 1 aromatic heterocycles. The number of halogens is 2. The van der Waals surface area contributed by atoms with Crippen LogP contribution < -0.4 is 0 Å². The van der Waals surface area contributed by atoms with E-state index in [0.29, 0.717) is 10.8 Å². The summed E-state index contributed by atoms with van der Waals surface area (Å²) < 4.78 is 6.43. The second-order valence-corrected chi connectivity index (χ2v) is 5.18. The van der Waals surface area contributed by atoms with Crippen LogP contribution in [-0.4, -0.2) is 27.1 Å². The molecule has 0 amide bonds. The molecule has 0 aliphatic rings. The molecule has 0 unspecified atom stereocenters. The van der Waals surface area contributed by atoms with Crippen LogP contribution in [0.15, 0.2) is 24.4 Å². The van der Waals surface area contributed by atoms with Crippen LogP contribution in [0, 0.1) is 17.0 Å². The molecule has 0 aliphatic carbocycles. The number of benzene rings is 1. The lowest BCUT2D eigenvalue weighted by Crippen LogP contribution is -2.14. The zero-order valence-electron chi connectivity index (χ0n) is 11.5. The Bertz CT molecular complexity index is 730. The second kappa shape index (κ2) is 6.76. The number of nitrogens with zero attached hydrogens (tertiary/aromatic N) is 3. The molecular weight excluding hydrogens is 333 g/mol. The van der Waals surface area contributed by atoms with Gasteiger partial charge in [0.15, 0.2) is 5.82 Å². The van der Waals surface area contributed by atoms with Gasteiger partial charge in [-0.05, 0) is 23.1 Å². The molecule has 0 saturated heterocycles. The van der Waals surface area contributed by atoms with Crippen molar-refractivity contribution >= 4 is 35.0 Å². The van der Waals surface area contributed by atoms with Crippen LogP contribution in [0.2, 0.25) is 10.0 Å². The van der Waals surface area contributed by atoms with Crippen molar-refractivity contribution in [3.05, 3.63) is 55.9 Å². The number of hydrogen-bond donors (Lipinski definition) is 0. The Kier molecular flexibility index (Phi) is 4.99. The van der Waals surface area contributed by atoms with E-state index in [0.717, 1.165) is 6.20 Å². The van der Waals surface area contributed by atoms with Crippen LogP contribution in [0.5, 0.6) is 0 Å². The molecule has 22 heavy (non-hydrogen) atoms. The molecule has 9 heteroatoms. The fourth-order valence-corrected chi connectivity index (χ4v) is 2.21. The maximum Gasteiger partial charge on any atom is 0.342 e. The molecule has 0 aliphatic heterocycles. The highest BCUT2D eigenvalue weighted by Gasteiger charge is 2.18. The summed E-state index contributed by atoms with van der Waals surface area (Å²) in [5.41, 5.74) is 0.144. The van der Waals surface area contributed by atoms with Crippen molar-refractivity contribution in [2.24, 2.45) is 0 Å². The fraction of sp³-hybridized carbons (Fsp3) is 0.231.